The molecule has 3 rings (SSSR count). The molecule has 20 heavy (non-hydrogen) atoms. The minimum Gasteiger partial charge on any atom is -0.383 e. The van der Waals surface area contributed by atoms with Crippen molar-refractivity contribution in [1.29, 1.82) is 0 Å². The van der Waals surface area contributed by atoms with E-state index in [0.717, 1.165) is 29.8 Å². The predicted octanol–water partition coefficient (Wildman–Crippen LogP) is 3.24. The van der Waals surface area contributed by atoms with Gasteiger partial charge >= 0.3 is 0 Å². The zero-order chi connectivity index (χ0) is 14.3. The third-order valence-electron chi connectivity index (χ3n) is 3.81. The van der Waals surface area contributed by atoms with E-state index in [0.29, 0.717) is 5.82 Å². The Bertz CT molecular complexity index is 756. The number of hydrogen-bond acceptors (Lipinski definition) is 4. The summed E-state index contributed by atoms with van der Waals surface area (Å²) in [5.41, 5.74) is 10.8. The van der Waals surface area contributed by atoms with Crippen molar-refractivity contribution in [2.24, 2.45) is 0 Å². The molecule has 0 atom stereocenters. The maximum atomic E-state index is 6.07. The van der Waals surface area contributed by atoms with Gasteiger partial charge in [-0.2, -0.15) is 11.3 Å². The van der Waals surface area contributed by atoms with Crippen LogP contribution in [0.4, 0.5) is 5.82 Å². The molecule has 0 radical (unpaired) electrons. The number of aromatic nitrogens is 3. The van der Waals surface area contributed by atoms with Gasteiger partial charge in [0.2, 0.25) is 0 Å². The lowest BCUT2D eigenvalue weighted by atomic mass is 10.2. The lowest BCUT2D eigenvalue weighted by Crippen LogP contribution is -2.05. The van der Waals surface area contributed by atoms with Crippen LogP contribution in [0.3, 0.4) is 0 Å². The van der Waals surface area contributed by atoms with Crippen LogP contribution < -0.4 is 5.73 Å². The molecule has 0 aliphatic heterocycles. The van der Waals surface area contributed by atoms with Crippen molar-refractivity contribution in [2.75, 3.05) is 5.73 Å². The molecule has 0 aromatic carbocycles. The molecule has 5 heteroatoms. The van der Waals surface area contributed by atoms with Crippen molar-refractivity contribution in [2.45, 2.75) is 33.7 Å². The van der Waals surface area contributed by atoms with Crippen molar-refractivity contribution in [1.82, 2.24) is 14.5 Å². The first-order chi connectivity index (χ1) is 9.58. The van der Waals surface area contributed by atoms with Crippen LogP contribution in [-0.2, 0) is 13.0 Å². The fraction of sp³-hybridized carbons (Fsp3) is 0.333. The highest BCUT2D eigenvalue weighted by atomic mass is 32.1. The van der Waals surface area contributed by atoms with Gasteiger partial charge in [0.25, 0.3) is 0 Å². The fourth-order valence-corrected chi connectivity index (χ4v) is 3.33. The van der Waals surface area contributed by atoms with Gasteiger partial charge in [-0.15, -0.1) is 0 Å². The maximum Gasteiger partial charge on any atom is 0.146 e. The van der Waals surface area contributed by atoms with E-state index in [-0.39, 0.29) is 0 Å². The van der Waals surface area contributed by atoms with Gasteiger partial charge in [-0.1, -0.05) is 0 Å². The normalized spacial score (nSPS) is 11.3. The number of thiophene rings is 1. The van der Waals surface area contributed by atoms with E-state index in [9.17, 15) is 0 Å². The third-order valence-corrected chi connectivity index (χ3v) is 4.54. The van der Waals surface area contributed by atoms with Crippen LogP contribution in [0.1, 0.15) is 22.6 Å². The average molecular weight is 286 g/mol. The molecule has 0 fully saturated rings. The number of fused-ring (bicyclic) bond motifs is 1. The van der Waals surface area contributed by atoms with E-state index in [4.69, 9.17) is 5.73 Å². The minimum absolute atomic E-state index is 0.586. The van der Waals surface area contributed by atoms with E-state index in [1.54, 1.807) is 11.3 Å². The first-order valence-electron chi connectivity index (χ1n) is 6.68. The van der Waals surface area contributed by atoms with Crippen LogP contribution in [0.2, 0.25) is 0 Å². The summed E-state index contributed by atoms with van der Waals surface area (Å²) >= 11 is 1.74. The standard InChI is InChI=1S/C15H18N4S/c1-9-10(2)19(6-4-12-5-7-20-8-12)15-13(9)14(16)17-11(3)18-15/h5,7-8H,4,6H2,1-3H3,(H2,16,17,18). The number of nitrogen functional groups attached to an aromatic ring is 1. The zero-order valence-corrected chi connectivity index (χ0v) is 12.8. The Balaban J connectivity index is 2.07. The Morgan fingerprint density at radius 1 is 1.25 bits per heavy atom. The second kappa shape index (κ2) is 4.90. The smallest absolute Gasteiger partial charge is 0.146 e. The highest BCUT2D eigenvalue weighted by Gasteiger charge is 2.15. The molecule has 0 bridgehead atoms. The summed E-state index contributed by atoms with van der Waals surface area (Å²) in [4.78, 5) is 8.87. The summed E-state index contributed by atoms with van der Waals surface area (Å²) in [6, 6.07) is 2.17. The summed E-state index contributed by atoms with van der Waals surface area (Å²) in [7, 11) is 0. The highest BCUT2D eigenvalue weighted by Crippen LogP contribution is 2.28. The van der Waals surface area contributed by atoms with Gasteiger partial charge < -0.3 is 10.3 Å². The molecule has 0 aliphatic carbocycles. The average Bonchev–Trinajstić information content (AvgIpc) is 2.97. The van der Waals surface area contributed by atoms with E-state index in [1.165, 1.54) is 16.8 Å². The SMILES string of the molecule is Cc1nc(N)c2c(C)c(C)n(CCc3ccsc3)c2n1. The lowest BCUT2D eigenvalue weighted by Gasteiger charge is -2.07. The molecule has 0 saturated heterocycles. The molecule has 2 N–H and O–H groups in total. The lowest BCUT2D eigenvalue weighted by molar-refractivity contribution is 0.694. The molecule has 0 saturated carbocycles. The Morgan fingerprint density at radius 2 is 2.05 bits per heavy atom. The zero-order valence-electron chi connectivity index (χ0n) is 12.0. The quantitative estimate of drug-likeness (QED) is 0.804. The van der Waals surface area contributed by atoms with Crippen LogP contribution in [0.5, 0.6) is 0 Å². The largest absolute Gasteiger partial charge is 0.383 e. The van der Waals surface area contributed by atoms with E-state index < -0.39 is 0 Å². The Kier molecular flexibility index (Phi) is 3.22. The summed E-state index contributed by atoms with van der Waals surface area (Å²) < 4.78 is 2.26. The summed E-state index contributed by atoms with van der Waals surface area (Å²) in [6.45, 7) is 7.02. The number of anilines is 1. The van der Waals surface area contributed by atoms with Crippen LogP contribution in [0.15, 0.2) is 16.8 Å². The van der Waals surface area contributed by atoms with Crippen molar-refractivity contribution in [3.8, 4) is 0 Å². The molecule has 0 unspecified atom stereocenters. The number of nitrogens with zero attached hydrogens (tertiary/aromatic N) is 3. The topological polar surface area (TPSA) is 56.7 Å². The summed E-state index contributed by atoms with van der Waals surface area (Å²) in [6.07, 6.45) is 1.01. The van der Waals surface area contributed by atoms with Crippen LogP contribution in [0, 0.1) is 20.8 Å². The highest BCUT2D eigenvalue weighted by molar-refractivity contribution is 7.07. The first-order valence-corrected chi connectivity index (χ1v) is 7.62. The molecule has 0 aliphatic rings. The minimum atomic E-state index is 0.586. The predicted molar refractivity (Wildman–Crippen MR) is 84.2 cm³/mol. The van der Waals surface area contributed by atoms with Crippen LogP contribution in [0.25, 0.3) is 11.0 Å². The fourth-order valence-electron chi connectivity index (χ4n) is 2.63. The van der Waals surface area contributed by atoms with Crippen molar-refractivity contribution in [3.63, 3.8) is 0 Å². The molecule has 0 amide bonds. The molecule has 0 spiro atoms. The number of nitrogens with two attached hydrogens (primary N) is 1. The van der Waals surface area contributed by atoms with Gasteiger partial charge in [-0.25, -0.2) is 9.97 Å². The maximum absolute atomic E-state index is 6.07. The number of aryl methyl sites for hydroxylation is 4. The molecule has 3 aromatic heterocycles. The molecular weight excluding hydrogens is 268 g/mol. The van der Waals surface area contributed by atoms with E-state index in [2.05, 4.69) is 45.2 Å². The third kappa shape index (κ3) is 2.08. The van der Waals surface area contributed by atoms with Crippen LogP contribution >= 0.6 is 11.3 Å². The van der Waals surface area contributed by atoms with Crippen LogP contribution in [-0.4, -0.2) is 14.5 Å². The van der Waals surface area contributed by atoms with Gasteiger partial charge in [0.15, 0.2) is 0 Å². The summed E-state index contributed by atoms with van der Waals surface area (Å²) in [5, 5.41) is 5.31. The Hall–Kier alpha value is -1.88. The molecular formula is C15H18N4S. The molecule has 4 nitrogen and oxygen atoms in total. The molecule has 3 heterocycles. The summed E-state index contributed by atoms with van der Waals surface area (Å²) in [5.74, 6) is 1.31. The molecule has 3 aromatic rings. The number of hydrogen-bond donors (Lipinski definition) is 1. The first kappa shape index (κ1) is 13.1. The van der Waals surface area contributed by atoms with E-state index >= 15 is 0 Å². The number of rotatable bonds is 3. The van der Waals surface area contributed by atoms with Gasteiger partial charge in [-0.3, -0.25) is 0 Å². The molecule has 104 valence electrons. The van der Waals surface area contributed by atoms with Gasteiger partial charge in [-0.05, 0) is 55.1 Å². The Morgan fingerprint density at radius 3 is 2.75 bits per heavy atom. The van der Waals surface area contributed by atoms with Gasteiger partial charge in [0, 0.05) is 12.2 Å². The second-order valence-electron chi connectivity index (χ2n) is 5.10. The van der Waals surface area contributed by atoms with Gasteiger partial charge in [0.1, 0.15) is 17.3 Å². The van der Waals surface area contributed by atoms with Gasteiger partial charge in [0.05, 0.1) is 5.39 Å². The van der Waals surface area contributed by atoms with Crippen molar-refractivity contribution in [3.05, 3.63) is 39.5 Å². The van der Waals surface area contributed by atoms with E-state index in [1.807, 2.05) is 6.92 Å². The van der Waals surface area contributed by atoms with Crippen molar-refractivity contribution < 1.29 is 0 Å². The second-order valence-corrected chi connectivity index (χ2v) is 5.88. The Labute approximate surface area is 122 Å². The monoisotopic (exact) mass is 286 g/mol. The van der Waals surface area contributed by atoms with Crippen molar-refractivity contribution >= 4 is 28.2 Å².